The lowest BCUT2D eigenvalue weighted by Crippen LogP contribution is -2.13. The van der Waals surface area contributed by atoms with Crippen molar-refractivity contribution in [3.63, 3.8) is 0 Å². The van der Waals surface area contributed by atoms with Gasteiger partial charge >= 0.3 is 0 Å². The van der Waals surface area contributed by atoms with Gasteiger partial charge in [0.15, 0.2) is 11.5 Å². The van der Waals surface area contributed by atoms with Crippen molar-refractivity contribution in [3.8, 4) is 23.3 Å². The number of benzene rings is 1. The van der Waals surface area contributed by atoms with E-state index in [1.54, 1.807) is 23.6 Å². The van der Waals surface area contributed by atoms with Crippen LogP contribution >= 0.6 is 11.3 Å². The zero-order valence-electron chi connectivity index (χ0n) is 14.4. The Hall–Kier alpha value is -2.72. The molecule has 7 heteroatoms. The molecule has 6 nitrogen and oxygen atoms in total. The second-order valence-corrected chi connectivity index (χ2v) is 5.75. The van der Waals surface area contributed by atoms with Gasteiger partial charge in [-0.3, -0.25) is 4.79 Å². The molecular formula is C18H20N2O4S. The molecular weight excluding hydrogens is 340 g/mol. The molecule has 0 radical (unpaired) electrons. The number of carbonyl (C=O) groups is 1. The lowest BCUT2D eigenvalue weighted by atomic mass is 10.1. The van der Waals surface area contributed by atoms with Crippen LogP contribution < -0.4 is 19.5 Å². The summed E-state index contributed by atoms with van der Waals surface area (Å²) in [6, 6.07) is 6.94. The molecule has 1 N–H and O–H groups in total. The van der Waals surface area contributed by atoms with Gasteiger partial charge in [-0.05, 0) is 44.4 Å². The maximum Gasteiger partial charge on any atom is 0.256 e. The molecule has 132 valence electrons. The van der Waals surface area contributed by atoms with Crippen LogP contribution in [0.15, 0.2) is 23.6 Å². The summed E-state index contributed by atoms with van der Waals surface area (Å²) in [6.07, 6.45) is 0. The van der Waals surface area contributed by atoms with Crippen LogP contribution in [-0.4, -0.2) is 25.7 Å². The van der Waals surface area contributed by atoms with Crippen LogP contribution in [0.2, 0.25) is 0 Å². The minimum absolute atomic E-state index is 0.344. The first-order valence-corrected chi connectivity index (χ1v) is 8.87. The predicted octanol–water partition coefficient (Wildman–Crippen LogP) is 4.07. The predicted molar refractivity (Wildman–Crippen MR) is 96.9 cm³/mol. The van der Waals surface area contributed by atoms with E-state index >= 15 is 0 Å². The van der Waals surface area contributed by atoms with E-state index < -0.39 is 0 Å². The molecule has 0 fully saturated rings. The summed E-state index contributed by atoms with van der Waals surface area (Å²) in [5.41, 5.74) is 0.798. The average Bonchev–Trinajstić information content (AvgIpc) is 3.05. The van der Waals surface area contributed by atoms with Crippen LogP contribution in [0.3, 0.4) is 0 Å². The van der Waals surface area contributed by atoms with Crippen molar-refractivity contribution in [3.05, 3.63) is 34.7 Å². The van der Waals surface area contributed by atoms with Crippen LogP contribution in [0, 0.1) is 11.3 Å². The Labute approximate surface area is 150 Å². The SMILES string of the molecule is CCOc1cc(C(=O)Nc2sccc2C#N)cc(OCC)c1OCC. The van der Waals surface area contributed by atoms with Gasteiger partial charge in [-0.15, -0.1) is 11.3 Å². The summed E-state index contributed by atoms with van der Waals surface area (Å²) in [5, 5.41) is 14.1. The number of ether oxygens (including phenoxy) is 3. The molecule has 1 aromatic carbocycles. The maximum absolute atomic E-state index is 12.6. The number of thiophene rings is 1. The standard InChI is InChI=1S/C18H20N2O4S/c1-4-22-14-9-13(10-15(23-5-2)16(14)24-6-3)17(21)20-18-12(11-19)7-8-25-18/h7-10H,4-6H2,1-3H3,(H,20,21). The molecule has 0 aliphatic carbocycles. The molecule has 0 saturated carbocycles. The van der Waals surface area contributed by atoms with Gasteiger partial charge < -0.3 is 19.5 Å². The minimum Gasteiger partial charge on any atom is -0.490 e. The summed E-state index contributed by atoms with van der Waals surface area (Å²) >= 11 is 1.30. The zero-order valence-corrected chi connectivity index (χ0v) is 15.2. The van der Waals surface area contributed by atoms with E-state index in [0.717, 1.165) is 0 Å². The van der Waals surface area contributed by atoms with Crippen molar-refractivity contribution in [1.29, 1.82) is 5.26 Å². The Bertz CT molecular complexity index is 753. The van der Waals surface area contributed by atoms with E-state index in [0.29, 0.717) is 53.2 Å². The summed E-state index contributed by atoms with van der Waals surface area (Å²) in [5.74, 6) is 1.04. The van der Waals surface area contributed by atoms with Crippen molar-refractivity contribution in [2.75, 3.05) is 25.1 Å². The van der Waals surface area contributed by atoms with Crippen molar-refractivity contribution in [1.82, 2.24) is 0 Å². The summed E-state index contributed by atoms with van der Waals surface area (Å²) in [7, 11) is 0. The van der Waals surface area contributed by atoms with Gasteiger partial charge in [0, 0.05) is 5.56 Å². The van der Waals surface area contributed by atoms with Gasteiger partial charge in [0.1, 0.15) is 11.1 Å². The highest BCUT2D eigenvalue weighted by Gasteiger charge is 2.19. The van der Waals surface area contributed by atoms with Gasteiger partial charge in [-0.1, -0.05) is 0 Å². The van der Waals surface area contributed by atoms with E-state index in [1.807, 2.05) is 26.8 Å². The van der Waals surface area contributed by atoms with Gasteiger partial charge in [0.25, 0.3) is 5.91 Å². The zero-order chi connectivity index (χ0) is 18.2. The minimum atomic E-state index is -0.344. The number of nitriles is 1. The molecule has 2 aromatic rings. The number of anilines is 1. The molecule has 0 aliphatic rings. The second kappa shape index (κ2) is 8.94. The third kappa shape index (κ3) is 4.43. The first-order chi connectivity index (χ1) is 12.1. The van der Waals surface area contributed by atoms with Crippen molar-refractivity contribution >= 4 is 22.2 Å². The van der Waals surface area contributed by atoms with E-state index in [9.17, 15) is 4.79 Å². The third-order valence-corrected chi connectivity index (χ3v) is 4.01. The largest absolute Gasteiger partial charge is 0.490 e. The number of rotatable bonds is 8. The summed E-state index contributed by atoms with van der Waals surface area (Å²) in [6.45, 7) is 6.89. The van der Waals surface area contributed by atoms with Crippen LogP contribution in [0.25, 0.3) is 0 Å². The molecule has 1 heterocycles. The fraction of sp³-hybridized carbons (Fsp3) is 0.333. The highest BCUT2D eigenvalue weighted by atomic mass is 32.1. The van der Waals surface area contributed by atoms with Gasteiger partial charge in [-0.2, -0.15) is 5.26 Å². The maximum atomic E-state index is 12.6. The monoisotopic (exact) mass is 360 g/mol. The first kappa shape index (κ1) is 18.6. The fourth-order valence-corrected chi connectivity index (χ4v) is 2.92. The van der Waals surface area contributed by atoms with Crippen LogP contribution in [-0.2, 0) is 0 Å². The van der Waals surface area contributed by atoms with E-state index in [-0.39, 0.29) is 5.91 Å². The number of carbonyl (C=O) groups excluding carboxylic acids is 1. The smallest absolute Gasteiger partial charge is 0.256 e. The molecule has 0 spiro atoms. The average molecular weight is 360 g/mol. The van der Waals surface area contributed by atoms with Crippen molar-refractivity contribution in [2.24, 2.45) is 0 Å². The van der Waals surface area contributed by atoms with Crippen LogP contribution in [0.5, 0.6) is 17.2 Å². The highest BCUT2D eigenvalue weighted by Crippen LogP contribution is 2.39. The Morgan fingerprint density at radius 3 is 2.24 bits per heavy atom. The highest BCUT2D eigenvalue weighted by molar-refractivity contribution is 7.14. The molecule has 0 saturated heterocycles. The number of hydrogen-bond acceptors (Lipinski definition) is 6. The number of nitrogens with one attached hydrogen (secondary N) is 1. The lowest BCUT2D eigenvalue weighted by molar-refractivity contribution is 0.102. The van der Waals surface area contributed by atoms with Crippen molar-refractivity contribution < 1.29 is 19.0 Å². The normalized spacial score (nSPS) is 10.0. The van der Waals surface area contributed by atoms with E-state index in [1.165, 1.54) is 11.3 Å². The molecule has 0 atom stereocenters. The molecule has 0 bridgehead atoms. The number of hydrogen-bond donors (Lipinski definition) is 1. The Morgan fingerprint density at radius 1 is 1.12 bits per heavy atom. The lowest BCUT2D eigenvalue weighted by Gasteiger charge is -2.17. The fourth-order valence-electron chi connectivity index (χ4n) is 2.19. The quantitative estimate of drug-likeness (QED) is 0.767. The molecule has 0 aliphatic heterocycles. The van der Waals surface area contributed by atoms with E-state index in [4.69, 9.17) is 19.5 Å². The summed E-state index contributed by atoms with van der Waals surface area (Å²) in [4.78, 5) is 12.6. The summed E-state index contributed by atoms with van der Waals surface area (Å²) < 4.78 is 16.9. The second-order valence-electron chi connectivity index (χ2n) is 4.83. The van der Waals surface area contributed by atoms with Gasteiger partial charge in [-0.25, -0.2) is 0 Å². The van der Waals surface area contributed by atoms with E-state index in [2.05, 4.69) is 5.32 Å². The molecule has 2 rings (SSSR count). The van der Waals surface area contributed by atoms with Crippen LogP contribution in [0.1, 0.15) is 36.7 Å². The number of amides is 1. The molecule has 1 aromatic heterocycles. The first-order valence-electron chi connectivity index (χ1n) is 7.99. The Balaban J connectivity index is 2.39. The van der Waals surface area contributed by atoms with Gasteiger partial charge in [0.05, 0.1) is 25.4 Å². The Kier molecular flexibility index (Phi) is 6.66. The molecule has 0 unspecified atom stereocenters. The van der Waals surface area contributed by atoms with Crippen molar-refractivity contribution in [2.45, 2.75) is 20.8 Å². The molecule has 25 heavy (non-hydrogen) atoms. The number of nitrogens with zero attached hydrogens (tertiary/aromatic N) is 1. The third-order valence-electron chi connectivity index (χ3n) is 3.18. The van der Waals surface area contributed by atoms with Crippen LogP contribution in [0.4, 0.5) is 5.00 Å². The van der Waals surface area contributed by atoms with Gasteiger partial charge in [0.2, 0.25) is 5.75 Å². The topological polar surface area (TPSA) is 80.6 Å². The Morgan fingerprint density at radius 2 is 1.72 bits per heavy atom. The molecule has 1 amide bonds.